The Balaban J connectivity index is 1.86. The van der Waals surface area contributed by atoms with E-state index >= 15 is 0 Å². The van der Waals surface area contributed by atoms with Crippen LogP contribution in [0.5, 0.6) is 11.5 Å². The van der Waals surface area contributed by atoms with E-state index in [4.69, 9.17) is 9.47 Å². The lowest BCUT2D eigenvalue weighted by Gasteiger charge is -2.15. The van der Waals surface area contributed by atoms with Gasteiger partial charge in [-0.25, -0.2) is 0 Å². The minimum Gasteiger partial charge on any atom is -0.497 e. The molecular weight excluding hydrogens is 374 g/mol. The molecule has 0 atom stereocenters. The molecule has 0 spiro atoms. The van der Waals surface area contributed by atoms with Crippen molar-refractivity contribution in [2.45, 2.75) is 13.3 Å². The summed E-state index contributed by atoms with van der Waals surface area (Å²) >= 11 is 1.40. The average molecular weight is 397 g/mol. The highest BCUT2D eigenvalue weighted by Crippen LogP contribution is 2.39. The van der Waals surface area contributed by atoms with Crippen LogP contribution in [0.2, 0.25) is 0 Å². The van der Waals surface area contributed by atoms with Gasteiger partial charge >= 0.3 is 0 Å². The highest BCUT2D eigenvalue weighted by Gasteiger charge is 2.39. The summed E-state index contributed by atoms with van der Waals surface area (Å²) in [5.41, 5.74) is 2.13. The van der Waals surface area contributed by atoms with Crippen LogP contribution in [0.3, 0.4) is 0 Å². The molecule has 0 saturated carbocycles. The number of nitrogens with zero attached hydrogens (tertiary/aromatic N) is 1. The van der Waals surface area contributed by atoms with Crippen molar-refractivity contribution < 1.29 is 19.1 Å². The van der Waals surface area contributed by atoms with E-state index in [1.807, 2.05) is 49.4 Å². The largest absolute Gasteiger partial charge is 0.497 e. The van der Waals surface area contributed by atoms with Crippen LogP contribution in [0.25, 0.3) is 5.57 Å². The van der Waals surface area contributed by atoms with Gasteiger partial charge in [0.25, 0.3) is 11.8 Å². The quantitative estimate of drug-likeness (QED) is 0.635. The molecule has 6 heteroatoms. The number of carbonyl (C=O) groups excluding carboxylic acids is 2. The Morgan fingerprint density at radius 3 is 2.29 bits per heavy atom. The van der Waals surface area contributed by atoms with E-state index in [0.717, 1.165) is 11.3 Å². The van der Waals surface area contributed by atoms with Gasteiger partial charge in [-0.2, -0.15) is 0 Å². The number of benzene rings is 2. The molecule has 0 unspecified atom stereocenters. The number of thioether (sulfide) groups is 1. The Labute approximate surface area is 169 Å². The maximum absolute atomic E-state index is 13.1. The third-order valence-corrected chi connectivity index (χ3v) is 5.53. The first kappa shape index (κ1) is 20.0. The van der Waals surface area contributed by atoms with Crippen LogP contribution in [-0.2, 0) is 16.0 Å². The lowest BCUT2D eigenvalue weighted by molar-refractivity contribution is -0.136. The summed E-state index contributed by atoms with van der Waals surface area (Å²) in [6.45, 7) is 2.30. The average Bonchev–Trinajstić information content (AvgIpc) is 2.96. The van der Waals surface area contributed by atoms with E-state index in [2.05, 4.69) is 0 Å². The monoisotopic (exact) mass is 397 g/mol. The van der Waals surface area contributed by atoms with Gasteiger partial charge in [-0.1, -0.05) is 37.3 Å². The highest BCUT2D eigenvalue weighted by molar-refractivity contribution is 8.04. The number of imide groups is 1. The fourth-order valence-electron chi connectivity index (χ4n) is 3.16. The second-order valence-electron chi connectivity index (χ2n) is 6.20. The first-order chi connectivity index (χ1) is 13.6. The van der Waals surface area contributed by atoms with Gasteiger partial charge in [0, 0.05) is 12.1 Å². The van der Waals surface area contributed by atoms with Gasteiger partial charge in [0.15, 0.2) is 0 Å². The van der Waals surface area contributed by atoms with Crippen molar-refractivity contribution in [2.75, 3.05) is 26.5 Å². The fraction of sp³-hybridized carbons (Fsp3) is 0.273. The molecule has 0 bridgehead atoms. The molecule has 146 valence electrons. The van der Waals surface area contributed by atoms with Gasteiger partial charge < -0.3 is 9.47 Å². The smallest absolute Gasteiger partial charge is 0.267 e. The normalized spacial score (nSPS) is 14.0. The molecule has 0 aliphatic carbocycles. The van der Waals surface area contributed by atoms with Crippen molar-refractivity contribution in [2.24, 2.45) is 0 Å². The van der Waals surface area contributed by atoms with Crippen molar-refractivity contribution in [1.82, 2.24) is 4.90 Å². The standard InChI is InChI=1S/C22H23NO4S/c1-4-28-20-19(17-7-5-6-8-18(17)27-3)21(24)23(22(20)25)14-13-15-9-11-16(26-2)12-10-15/h5-12H,4,13-14H2,1-3H3. The molecule has 1 aliphatic heterocycles. The van der Waals surface area contributed by atoms with Crippen molar-refractivity contribution in [3.8, 4) is 11.5 Å². The third-order valence-electron chi connectivity index (χ3n) is 4.57. The van der Waals surface area contributed by atoms with Crippen LogP contribution in [0.4, 0.5) is 0 Å². The van der Waals surface area contributed by atoms with Gasteiger partial charge in [-0.3, -0.25) is 14.5 Å². The predicted octanol–water partition coefficient (Wildman–Crippen LogP) is 3.78. The van der Waals surface area contributed by atoms with E-state index in [9.17, 15) is 9.59 Å². The number of rotatable bonds is 8. The lowest BCUT2D eigenvalue weighted by Crippen LogP contribution is -2.33. The molecule has 2 aromatic rings. The van der Waals surface area contributed by atoms with Crippen LogP contribution in [0.1, 0.15) is 18.1 Å². The Morgan fingerprint density at radius 1 is 0.929 bits per heavy atom. The van der Waals surface area contributed by atoms with Gasteiger partial charge in [0.2, 0.25) is 0 Å². The van der Waals surface area contributed by atoms with E-state index in [1.165, 1.54) is 16.7 Å². The zero-order valence-corrected chi connectivity index (χ0v) is 17.0. The molecule has 0 saturated heterocycles. The SMILES string of the molecule is CCSC1=C(c2ccccc2OC)C(=O)N(CCc2ccc(OC)cc2)C1=O. The number of hydrogen-bond acceptors (Lipinski definition) is 5. The second kappa shape index (κ2) is 8.97. The predicted molar refractivity (Wildman–Crippen MR) is 111 cm³/mol. The Bertz CT molecular complexity index is 905. The van der Waals surface area contributed by atoms with Crippen molar-refractivity contribution >= 4 is 29.1 Å². The molecule has 28 heavy (non-hydrogen) atoms. The van der Waals surface area contributed by atoms with Gasteiger partial charge in [-0.15, -0.1) is 11.8 Å². The molecule has 0 N–H and O–H groups in total. The molecule has 2 aromatic carbocycles. The first-order valence-corrected chi connectivity index (χ1v) is 10.1. The number of carbonyl (C=O) groups is 2. The van der Waals surface area contributed by atoms with Gasteiger partial charge in [-0.05, 0) is 35.9 Å². The number of ether oxygens (including phenoxy) is 2. The first-order valence-electron chi connectivity index (χ1n) is 9.10. The molecule has 0 fully saturated rings. The zero-order valence-electron chi connectivity index (χ0n) is 16.2. The zero-order chi connectivity index (χ0) is 20.1. The summed E-state index contributed by atoms with van der Waals surface area (Å²) in [7, 11) is 3.18. The number of amides is 2. The van der Waals surface area contributed by atoms with Crippen LogP contribution >= 0.6 is 11.8 Å². The molecule has 1 aliphatic rings. The van der Waals surface area contributed by atoms with E-state index in [1.54, 1.807) is 20.3 Å². The van der Waals surface area contributed by atoms with E-state index < -0.39 is 0 Å². The Morgan fingerprint density at radius 2 is 1.64 bits per heavy atom. The van der Waals surface area contributed by atoms with Gasteiger partial charge in [0.1, 0.15) is 11.5 Å². The number of para-hydroxylation sites is 1. The maximum Gasteiger partial charge on any atom is 0.267 e. The number of hydrogen-bond donors (Lipinski definition) is 0. The summed E-state index contributed by atoms with van der Waals surface area (Å²) < 4.78 is 10.6. The van der Waals surface area contributed by atoms with Crippen LogP contribution < -0.4 is 9.47 Å². The minimum absolute atomic E-state index is 0.230. The van der Waals surface area contributed by atoms with Crippen molar-refractivity contribution in [3.05, 3.63) is 64.6 Å². The van der Waals surface area contributed by atoms with E-state index in [0.29, 0.717) is 40.5 Å². The molecule has 0 radical (unpaired) electrons. The summed E-state index contributed by atoms with van der Waals surface area (Å²) in [5, 5.41) is 0. The molecule has 3 rings (SSSR count). The molecule has 0 aromatic heterocycles. The summed E-state index contributed by atoms with van der Waals surface area (Å²) in [6.07, 6.45) is 0.588. The Kier molecular flexibility index (Phi) is 6.41. The molecule has 2 amide bonds. The topological polar surface area (TPSA) is 55.8 Å². The van der Waals surface area contributed by atoms with Crippen LogP contribution in [-0.4, -0.2) is 43.2 Å². The van der Waals surface area contributed by atoms with Gasteiger partial charge in [0.05, 0.1) is 24.7 Å². The minimum atomic E-state index is -0.265. The Hall–Kier alpha value is -2.73. The molecule has 1 heterocycles. The van der Waals surface area contributed by atoms with E-state index in [-0.39, 0.29) is 11.8 Å². The second-order valence-corrected chi connectivity index (χ2v) is 7.47. The maximum atomic E-state index is 13.1. The van der Waals surface area contributed by atoms with Crippen LogP contribution in [0, 0.1) is 0 Å². The third kappa shape index (κ3) is 3.92. The van der Waals surface area contributed by atoms with Crippen LogP contribution in [0.15, 0.2) is 53.4 Å². The molecule has 5 nitrogen and oxygen atoms in total. The fourth-order valence-corrected chi connectivity index (χ4v) is 4.02. The highest BCUT2D eigenvalue weighted by atomic mass is 32.2. The molecular formula is C22H23NO4S. The van der Waals surface area contributed by atoms with Crippen molar-refractivity contribution in [1.29, 1.82) is 0 Å². The summed E-state index contributed by atoms with van der Waals surface area (Å²) in [4.78, 5) is 28.0. The summed E-state index contributed by atoms with van der Waals surface area (Å²) in [6, 6.07) is 15.0. The lowest BCUT2D eigenvalue weighted by atomic mass is 10.0. The van der Waals surface area contributed by atoms with Crippen molar-refractivity contribution in [3.63, 3.8) is 0 Å². The summed E-state index contributed by atoms with van der Waals surface area (Å²) in [5.74, 6) is 1.58. The number of methoxy groups -OCH3 is 2.